The van der Waals surface area contributed by atoms with E-state index in [1.807, 2.05) is 60.9 Å². The van der Waals surface area contributed by atoms with Crippen molar-refractivity contribution < 1.29 is 24.3 Å². The summed E-state index contributed by atoms with van der Waals surface area (Å²) in [6.45, 7) is 0.302. The van der Waals surface area contributed by atoms with Gasteiger partial charge in [-0.3, -0.25) is 14.4 Å². The molecule has 2 heterocycles. The number of likely N-dealkylation sites (tertiary alicyclic amines) is 1. The molecule has 3 amide bonds. The van der Waals surface area contributed by atoms with Crippen LogP contribution in [0.3, 0.4) is 0 Å². The topological polar surface area (TPSA) is 158 Å². The predicted molar refractivity (Wildman–Crippen MR) is 159 cm³/mol. The number of rotatable bonds is 13. The number of thioether (sulfide) groups is 1. The van der Waals surface area contributed by atoms with Gasteiger partial charge in [-0.2, -0.15) is 11.8 Å². The molecule has 1 aromatic heterocycles. The van der Waals surface area contributed by atoms with Gasteiger partial charge in [0.25, 0.3) is 0 Å². The standard InChI is InChI=1S/C30H37N5O5S/c1-41-15-13-22(31)27(36)33-24(17-20-18-32-23-11-6-5-10-21(20)23)28(37)34-25(16-19-8-3-2-4-9-19)29(38)35-14-7-12-26(35)30(39)40/h2-6,8-11,18,22,24-26,32H,7,12-17,31H2,1H3,(H,33,36)(H,34,37)(H,39,40). The van der Waals surface area contributed by atoms with Crippen molar-refractivity contribution in [3.05, 3.63) is 71.9 Å². The van der Waals surface area contributed by atoms with Crippen LogP contribution in [-0.4, -0.2) is 81.4 Å². The summed E-state index contributed by atoms with van der Waals surface area (Å²) in [5.74, 6) is -1.82. The van der Waals surface area contributed by atoms with Crippen molar-refractivity contribution in [1.29, 1.82) is 0 Å². The summed E-state index contributed by atoms with van der Waals surface area (Å²) in [4.78, 5) is 56.9. The van der Waals surface area contributed by atoms with Gasteiger partial charge in [-0.15, -0.1) is 0 Å². The van der Waals surface area contributed by atoms with E-state index in [-0.39, 0.29) is 12.8 Å². The lowest BCUT2D eigenvalue weighted by molar-refractivity contribution is -0.149. The van der Waals surface area contributed by atoms with Gasteiger partial charge >= 0.3 is 5.97 Å². The Morgan fingerprint density at radius 2 is 1.73 bits per heavy atom. The first kappa shape index (κ1) is 30.1. The van der Waals surface area contributed by atoms with Crippen LogP contribution in [0, 0.1) is 0 Å². The van der Waals surface area contributed by atoms with Gasteiger partial charge in [-0.25, -0.2) is 4.79 Å². The van der Waals surface area contributed by atoms with Gasteiger partial charge in [0.2, 0.25) is 17.7 Å². The minimum Gasteiger partial charge on any atom is -0.480 e. The number of hydrogen-bond acceptors (Lipinski definition) is 6. The maximum absolute atomic E-state index is 13.8. The highest BCUT2D eigenvalue weighted by atomic mass is 32.2. The predicted octanol–water partition coefficient (Wildman–Crippen LogP) is 2.08. The van der Waals surface area contributed by atoms with Gasteiger partial charge in [0.1, 0.15) is 18.1 Å². The Bertz CT molecular complexity index is 1360. The van der Waals surface area contributed by atoms with Crippen LogP contribution in [0.1, 0.15) is 30.4 Å². The number of fused-ring (bicyclic) bond motifs is 1. The second kappa shape index (κ2) is 14.2. The van der Waals surface area contributed by atoms with Gasteiger partial charge in [-0.05, 0) is 48.5 Å². The first-order valence-corrected chi connectivity index (χ1v) is 15.1. The monoisotopic (exact) mass is 579 g/mol. The summed E-state index contributed by atoms with van der Waals surface area (Å²) in [5.41, 5.74) is 8.65. The van der Waals surface area contributed by atoms with Gasteiger partial charge in [0.05, 0.1) is 6.04 Å². The van der Waals surface area contributed by atoms with E-state index in [1.165, 1.54) is 4.90 Å². The molecule has 0 aliphatic carbocycles. The highest BCUT2D eigenvalue weighted by molar-refractivity contribution is 7.98. The maximum atomic E-state index is 13.8. The third kappa shape index (κ3) is 7.68. The van der Waals surface area contributed by atoms with Crippen LogP contribution in [-0.2, 0) is 32.0 Å². The van der Waals surface area contributed by atoms with Crippen molar-refractivity contribution in [3.63, 3.8) is 0 Å². The summed E-state index contributed by atoms with van der Waals surface area (Å²) in [7, 11) is 0. The number of carboxylic acids is 1. The third-order valence-electron chi connectivity index (χ3n) is 7.42. The lowest BCUT2D eigenvalue weighted by atomic mass is 10.0. The average molecular weight is 580 g/mol. The molecule has 1 saturated heterocycles. The van der Waals surface area contributed by atoms with Gasteiger partial charge in [-0.1, -0.05) is 48.5 Å². The Morgan fingerprint density at radius 3 is 2.46 bits per heavy atom. The Morgan fingerprint density at radius 1 is 1.02 bits per heavy atom. The number of para-hydroxylation sites is 1. The first-order chi connectivity index (χ1) is 19.8. The zero-order valence-electron chi connectivity index (χ0n) is 23.0. The molecule has 4 unspecified atom stereocenters. The molecule has 1 fully saturated rings. The zero-order valence-corrected chi connectivity index (χ0v) is 23.9. The molecule has 4 atom stereocenters. The van der Waals surface area contributed by atoms with E-state index in [0.29, 0.717) is 31.6 Å². The average Bonchev–Trinajstić information content (AvgIpc) is 3.63. The Hall–Kier alpha value is -3.83. The normalized spacial score (nSPS) is 17.1. The number of nitrogens with one attached hydrogen (secondary N) is 3. The van der Waals surface area contributed by atoms with Crippen LogP contribution >= 0.6 is 11.8 Å². The third-order valence-corrected chi connectivity index (χ3v) is 8.06. The van der Waals surface area contributed by atoms with Crippen LogP contribution < -0.4 is 16.4 Å². The molecule has 10 nitrogen and oxygen atoms in total. The summed E-state index contributed by atoms with van der Waals surface area (Å²) in [6, 6.07) is 13.1. The number of hydrogen-bond donors (Lipinski definition) is 5. The second-order valence-electron chi connectivity index (χ2n) is 10.3. The smallest absolute Gasteiger partial charge is 0.326 e. The van der Waals surface area contributed by atoms with Crippen LogP contribution in [0.15, 0.2) is 60.8 Å². The van der Waals surface area contributed by atoms with Crippen LogP contribution in [0.2, 0.25) is 0 Å². The second-order valence-corrected chi connectivity index (χ2v) is 11.3. The van der Waals surface area contributed by atoms with Crippen molar-refractivity contribution in [1.82, 2.24) is 20.5 Å². The van der Waals surface area contributed by atoms with E-state index in [0.717, 1.165) is 22.0 Å². The number of amides is 3. The quantitative estimate of drug-likeness (QED) is 0.207. The molecule has 1 aliphatic heterocycles. The fourth-order valence-electron chi connectivity index (χ4n) is 5.19. The van der Waals surface area contributed by atoms with Crippen LogP contribution in [0.5, 0.6) is 0 Å². The zero-order chi connectivity index (χ0) is 29.4. The number of aliphatic carboxylic acids is 1. The number of carbonyl (C=O) groups is 4. The van der Waals surface area contributed by atoms with Gasteiger partial charge in [0, 0.05) is 36.5 Å². The molecular formula is C30H37N5O5S. The molecule has 41 heavy (non-hydrogen) atoms. The maximum Gasteiger partial charge on any atom is 0.326 e. The minimum absolute atomic E-state index is 0.171. The molecule has 1 aliphatic rings. The summed E-state index contributed by atoms with van der Waals surface area (Å²) < 4.78 is 0. The number of aromatic amines is 1. The minimum atomic E-state index is -1.07. The van der Waals surface area contributed by atoms with E-state index >= 15 is 0 Å². The SMILES string of the molecule is CSCCC(N)C(=O)NC(Cc1c[nH]c2ccccc12)C(=O)NC(Cc1ccccc1)C(=O)N1CCCC1C(=O)O. The lowest BCUT2D eigenvalue weighted by Gasteiger charge is -2.29. The number of nitrogens with two attached hydrogens (primary N) is 1. The van der Waals surface area contributed by atoms with E-state index in [1.54, 1.807) is 18.0 Å². The molecule has 0 radical (unpaired) electrons. The van der Waals surface area contributed by atoms with Crippen LogP contribution in [0.4, 0.5) is 0 Å². The molecular weight excluding hydrogens is 542 g/mol. The highest BCUT2D eigenvalue weighted by Gasteiger charge is 2.38. The molecule has 0 bridgehead atoms. The number of H-pyrrole nitrogens is 1. The van der Waals surface area contributed by atoms with E-state index in [4.69, 9.17) is 5.73 Å². The van der Waals surface area contributed by atoms with Crippen molar-refractivity contribution in [2.75, 3.05) is 18.6 Å². The van der Waals surface area contributed by atoms with E-state index in [2.05, 4.69) is 15.6 Å². The molecule has 0 spiro atoms. The lowest BCUT2D eigenvalue weighted by Crippen LogP contribution is -2.58. The molecule has 6 N–H and O–H groups in total. The fourth-order valence-corrected chi connectivity index (χ4v) is 5.68. The van der Waals surface area contributed by atoms with Crippen molar-refractivity contribution >= 4 is 46.4 Å². The van der Waals surface area contributed by atoms with E-state index < -0.39 is 47.9 Å². The Kier molecular flexibility index (Phi) is 10.4. The first-order valence-electron chi connectivity index (χ1n) is 13.8. The summed E-state index contributed by atoms with van der Waals surface area (Å²) >= 11 is 1.58. The largest absolute Gasteiger partial charge is 0.480 e. The summed E-state index contributed by atoms with van der Waals surface area (Å²) in [5, 5.41) is 16.3. The van der Waals surface area contributed by atoms with Gasteiger partial charge in [0.15, 0.2) is 0 Å². The number of carboxylic acid groups (broad SMARTS) is 1. The number of carbonyl (C=O) groups excluding carboxylic acids is 3. The van der Waals surface area contributed by atoms with E-state index in [9.17, 15) is 24.3 Å². The molecule has 4 rings (SSSR count). The molecule has 2 aromatic carbocycles. The van der Waals surface area contributed by atoms with Gasteiger partial charge < -0.3 is 31.4 Å². The Labute approximate surface area is 243 Å². The molecule has 0 saturated carbocycles. The molecule has 218 valence electrons. The highest BCUT2D eigenvalue weighted by Crippen LogP contribution is 2.21. The Balaban J connectivity index is 1.60. The van der Waals surface area contributed by atoms with Crippen molar-refractivity contribution in [3.8, 4) is 0 Å². The molecule has 11 heteroatoms. The number of aromatic nitrogens is 1. The molecule has 3 aromatic rings. The van der Waals surface area contributed by atoms with Crippen molar-refractivity contribution in [2.45, 2.75) is 56.3 Å². The number of benzene rings is 2. The van der Waals surface area contributed by atoms with Crippen molar-refractivity contribution in [2.24, 2.45) is 5.73 Å². The fraction of sp³-hybridized carbons (Fsp3) is 0.400. The summed E-state index contributed by atoms with van der Waals surface area (Å²) in [6.07, 6.45) is 5.47. The van der Waals surface area contributed by atoms with Crippen LogP contribution in [0.25, 0.3) is 10.9 Å². The number of nitrogens with zero attached hydrogens (tertiary/aromatic N) is 1.